The Balaban J connectivity index is 1.25. The molecule has 1 saturated carbocycles. The van der Waals surface area contributed by atoms with Crippen LogP contribution in [0, 0.1) is 12.8 Å². The zero-order valence-corrected chi connectivity index (χ0v) is 21.0. The van der Waals surface area contributed by atoms with Crippen LogP contribution >= 0.6 is 11.8 Å². The SMILES string of the molecule is Cc1cc(Oc2ccccc2)ccc1N1C(=O)NC2=C(C(=O)N[C@H]3CC[C@H](N)C3)SC3NCCC1C23. The van der Waals surface area contributed by atoms with E-state index in [-0.39, 0.29) is 41.4 Å². The highest BCUT2D eigenvalue weighted by Crippen LogP contribution is 2.48. The van der Waals surface area contributed by atoms with Gasteiger partial charge in [-0.05, 0) is 75.0 Å². The maximum atomic E-state index is 13.5. The number of anilines is 1. The summed E-state index contributed by atoms with van der Waals surface area (Å²) in [5.41, 5.74) is 8.61. The van der Waals surface area contributed by atoms with Gasteiger partial charge in [-0.1, -0.05) is 30.0 Å². The van der Waals surface area contributed by atoms with Crippen molar-refractivity contribution in [1.29, 1.82) is 0 Å². The van der Waals surface area contributed by atoms with Crippen molar-refractivity contribution in [2.75, 3.05) is 11.4 Å². The number of aryl methyl sites for hydroxylation is 1. The molecule has 3 heterocycles. The molecule has 2 aromatic rings. The second-order valence-electron chi connectivity index (χ2n) is 10.0. The molecule has 0 aromatic heterocycles. The predicted molar refractivity (Wildman–Crippen MR) is 141 cm³/mol. The van der Waals surface area contributed by atoms with Crippen LogP contribution in [-0.4, -0.2) is 42.0 Å². The number of urea groups is 1. The molecule has 3 aliphatic heterocycles. The lowest BCUT2D eigenvalue weighted by Crippen LogP contribution is -2.62. The number of nitrogens with two attached hydrogens (primary N) is 1. The number of carbonyl (C=O) groups is 2. The molecule has 188 valence electrons. The Bertz CT molecular complexity index is 1220. The van der Waals surface area contributed by atoms with Crippen LogP contribution in [0.25, 0.3) is 0 Å². The van der Waals surface area contributed by atoms with Crippen molar-refractivity contribution in [3.05, 3.63) is 64.7 Å². The summed E-state index contributed by atoms with van der Waals surface area (Å²) >= 11 is 1.53. The quantitative estimate of drug-likeness (QED) is 0.495. The van der Waals surface area contributed by atoms with Gasteiger partial charge in [0.25, 0.3) is 5.91 Å². The van der Waals surface area contributed by atoms with Gasteiger partial charge in [0.15, 0.2) is 0 Å². The van der Waals surface area contributed by atoms with E-state index in [1.807, 2.05) is 60.4 Å². The van der Waals surface area contributed by atoms with E-state index in [1.54, 1.807) is 0 Å². The molecule has 1 aliphatic carbocycles. The number of hydrogen-bond donors (Lipinski definition) is 4. The number of para-hydroxylation sites is 1. The van der Waals surface area contributed by atoms with Gasteiger partial charge >= 0.3 is 6.03 Å². The van der Waals surface area contributed by atoms with E-state index in [2.05, 4.69) is 16.0 Å². The molecule has 9 heteroatoms. The van der Waals surface area contributed by atoms with Crippen molar-refractivity contribution in [3.8, 4) is 11.5 Å². The largest absolute Gasteiger partial charge is 0.457 e. The van der Waals surface area contributed by atoms with Crippen LogP contribution in [0.2, 0.25) is 0 Å². The molecule has 5 atom stereocenters. The molecule has 0 bridgehead atoms. The van der Waals surface area contributed by atoms with Gasteiger partial charge in [-0.15, -0.1) is 0 Å². The van der Waals surface area contributed by atoms with Crippen LogP contribution in [0.4, 0.5) is 10.5 Å². The maximum Gasteiger partial charge on any atom is 0.326 e. The van der Waals surface area contributed by atoms with Crippen molar-refractivity contribution in [3.63, 3.8) is 0 Å². The van der Waals surface area contributed by atoms with Crippen LogP contribution in [0.1, 0.15) is 31.2 Å². The monoisotopic (exact) mass is 505 g/mol. The Morgan fingerprint density at radius 1 is 1.14 bits per heavy atom. The molecule has 0 radical (unpaired) electrons. The van der Waals surface area contributed by atoms with Crippen LogP contribution in [0.3, 0.4) is 0 Å². The third kappa shape index (κ3) is 4.25. The van der Waals surface area contributed by atoms with E-state index in [0.717, 1.165) is 60.7 Å². The minimum Gasteiger partial charge on any atom is -0.457 e. The Morgan fingerprint density at radius 2 is 1.97 bits per heavy atom. The fourth-order valence-corrected chi connectivity index (χ4v) is 7.29. The van der Waals surface area contributed by atoms with Crippen LogP contribution in [-0.2, 0) is 4.79 Å². The molecule has 3 fully saturated rings. The number of carbonyl (C=O) groups excluding carboxylic acids is 2. The summed E-state index contributed by atoms with van der Waals surface area (Å²) in [6.45, 7) is 2.79. The first-order valence-corrected chi connectivity index (χ1v) is 13.5. The number of thioether (sulfide) groups is 1. The van der Waals surface area contributed by atoms with Crippen molar-refractivity contribution >= 4 is 29.4 Å². The van der Waals surface area contributed by atoms with E-state index in [0.29, 0.717) is 4.91 Å². The molecule has 0 spiro atoms. The van der Waals surface area contributed by atoms with E-state index in [1.165, 1.54) is 11.8 Å². The first kappa shape index (κ1) is 23.4. The second kappa shape index (κ2) is 9.46. The first-order valence-electron chi connectivity index (χ1n) is 12.6. The average Bonchev–Trinajstić information content (AvgIpc) is 3.44. The molecular formula is C27H31N5O3S. The summed E-state index contributed by atoms with van der Waals surface area (Å²) in [5, 5.41) is 9.85. The fourth-order valence-electron chi connectivity index (χ4n) is 5.89. The lowest BCUT2D eigenvalue weighted by molar-refractivity contribution is -0.117. The van der Waals surface area contributed by atoms with Crippen LogP contribution in [0.15, 0.2) is 59.1 Å². The number of nitrogens with one attached hydrogen (secondary N) is 3. The van der Waals surface area contributed by atoms with Crippen molar-refractivity contribution in [2.24, 2.45) is 11.7 Å². The predicted octanol–water partition coefficient (Wildman–Crippen LogP) is 3.58. The fraction of sp³-hybridized carbons (Fsp3) is 0.407. The molecule has 8 nitrogen and oxygen atoms in total. The Morgan fingerprint density at radius 3 is 2.72 bits per heavy atom. The van der Waals surface area contributed by atoms with Crippen LogP contribution < -0.4 is 31.3 Å². The smallest absolute Gasteiger partial charge is 0.326 e. The van der Waals surface area contributed by atoms with Gasteiger partial charge in [-0.2, -0.15) is 0 Å². The Kier molecular flexibility index (Phi) is 6.15. The summed E-state index contributed by atoms with van der Waals surface area (Å²) in [4.78, 5) is 29.2. The Labute approximate surface area is 215 Å². The number of amides is 3. The molecule has 6 rings (SSSR count). The minimum atomic E-state index is -0.192. The van der Waals surface area contributed by atoms with E-state index >= 15 is 0 Å². The van der Waals surface area contributed by atoms with Gasteiger partial charge in [0, 0.05) is 29.4 Å². The van der Waals surface area contributed by atoms with Crippen molar-refractivity contribution in [1.82, 2.24) is 16.0 Å². The molecular weight excluding hydrogens is 474 g/mol. The zero-order valence-electron chi connectivity index (χ0n) is 20.2. The number of hydrogen-bond acceptors (Lipinski definition) is 6. The van der Waals surface area contributed by atoms with E-state index in [9.17, 15) is 9.59 Å². The number of nitrogens with zero attached hydrogens (tertiary/aromatic N) is 1. The third-order valence-electron chi connectivity index (χ3n) is 7.56. The zero-order chi connectivity index (χ0) is 24.8. The summed E-state index contributed by atoms with van der Waals surface area (Å²) in [6, 6.07) is 15.5. The highest BCUT2D eigenvalue weighted by Gasteiger charge is 2.52. The highest BCUT2D eigenvalue weighted by molar-refractivity contribution is 8.04. The molecule has 2 saturated heterocycles. The van der Waals surface area contributed by atoms with Gasteiger partial charge in [0.2, 0.25) is 0 Å². The van der Waals surface area contributed by atoms with Crippen molar-refractivity contribution in [2.45, 2.75) is 56.1 Å². The van der Waals surface area contributed by atoms with Gasteiger partial charge < -0.3 is 26.4 Å². The topological polar surface area (TPSA) is 109 Å². The summed E-state index contributed by atoms with van der Waals surface area (Å²) in [5.74, 6) is 1.42. The number of ether oxygens (including phenoxy) is 1. The summed E-state index contributed by atoms with van der Waals surface area (Å²) in [7, 11) is 0. The summed E-state index contributed by atoms with van der Waals surface area (Å²) in [6.07, 6.45) is 3.44. The first-order chi connectivity index (χ1) is 17.5. The third-order valence-corrected chi connectivity index (χ3v) is 8.92. The molecule has 3 amide bonds. The maximum absolute atomic E-state index is 13.5. The van der Waals surface area contributed by atoms with Gasteiger partial charge in [0.05, 0.1) is 16.3 Å². The normalized spacial score (nSPS) is 29.1. The lowest BCUT2D eigenvalue weighted by Gasteiger charge is -2.46. The van der Waals surface area contributed by atoms with Gasteiger partial charge in [-0.3, -0.25) is 9.69 Å². The van der Waals surface area contributed by atoms with Crippen molar-refractivity contribution < 1.29 is 14.3 Å². The Hall–Kier alpha value is -3.01. The summed E-state index contributed by atoms with van der Waals surface area (Å²) < 4.78 is 5.99. The molecule has 3 unspecified atom stereocenters. The molecule has 5 N–H and O–H groups in total. The molecule has 4 aliphatic rings. The second-order valence-corrected chi connectivity index (χ2v) is 11.2. The number of benzene rings is 2. The van der Waals surface area contributed by atoms with Crippen LogP contribution in [0.5, 0.6) is 11.5 Å². The van der Waals surface area contributed by atoms with E-state index in [4.69, 9.17) is 10.5 Å². The lowest BCUT2D eigenvalue weighted by atomic mass is 9.86. The average molecular weight is 506 g/mol. The molecule has 36 heavy (non-hydrogen) atoms. The standard InChI is InChI=1S/C27H31N5O3S/c1-15-13-19(35-18-5-3-2-4-6-18)9-10-20(15)32-21-11-12-29-26-22(21)23(31-27(32)34)24(36-26)25(33)30-17-8-7-16(28)14-17/h2-6,9-10,13,16-17,21-22,26,29H,7-8,11-12,14,28H2,1H3,(H,30,33)(H,31,34)/t16-,17-,21?,22?,26?/m0/s1. The number of rotatable bonds is 5. The molecule has 2 aromatic carbocycles. The minimum absolute atomic E-state index is 0.0210. The van der Waals surface area contributed by atoms with Gasteiger partial charge in [-0.25, -0.2) is 4.79 Å². The van der Waals surface area contributed by atoms with Gasteiger partial charge in [0.1, 0.15) is 11.5 Å². The van der Waals surface area contributed by atoms with E-state index < -0.39 is 0 Å². The highest BCUT2D eigenvalue weighted by atomic mass is 32.2. The number of piperidine rings is 1.